The highest BCUT2D eigenvalue weighted by Gasteiger charge is 2.05. The standard InChI is InChI=1S/C12H13NO/c1-2-10(9-14)12(8-13)11-6-4-3-5-7-11/h3-7,14H,2,9H2,1H3/b12-10+. The van der Waals surface area contributed by atoms with E-state index in [1.807, 2.05) is 37.3 Å². The first-order chi connectivity index (χ1) is 6.83. The number of hydrogen-bond acceptors (Lipinski definition) is 2. The molecular weight excluding hydrogens is 174 g/mol. The number of hydrogen-bond donors (Lipinski definition) is 1. The molecule has 1 N–H and O–H groups in total. The second-order valence-corrected chi connectivity index (χ2v) is 2.97. The van der Waals surface area contributed by atoms with E-state index in [-0.39, 0.29) is 6.61 Å². The molecular formula is C12H13NO. The lowest BCUT2D eigenvalue weighted by atomic mass is 10.00. The molecule has 0 saturated heterocycles. The van der Waals surface area contributed by atoms with Crippen LogP contribution in [0.25, 0.3) is 5.57 Å². The summed E-state index contributed by atoms with van der Waals surface area (Å²) in [5, 5.41) is 18.1. The molecule has 0 aliphatic rings. The van der Waals surface area contributed by atoms with Gasteiger partial charge in [0.05, 0.1) is 18.2 Å². The van der Waals surface area contributed by atoms with E-state index in [4.69, 9.17) is 10.4 Å². The van der Waals surface area contributed by atoms with Crippen LogP contribution in [0.1, 0.15) is 18.9 Å². The Morgan fingerprint density at radius 1 is 1.36 bits per heavy atom. The fraction of sp³-hybridized carbons (Fsp3) is 0.250. The highest BCUT2D eigenvalue weighted by atomic mass is 16.3. The number of aliphatic hydroxyl groups is 1. The van der Waals surface area contributed by atoms with Crippen LogP contribution in [0.3, 0.4) is 0 Å². The molecule has 0 aliphatic carbocycles. The van der Waals surface area contributed by atoms with E-state index in [2.05, 4.69) is 6.07 Å². The molecule has 2 heteroatoms. The molecule has 0 aliphatic heterocycles. The van der Waals surface area contributed by atoms with Gasteiger partial charge in [-0.2, -0.15) is 5.26 Å². The van der Waals surface area contributed by atoms with Gasteiger partial charge in [0.15, 0.2) is 0 Å². The Hall–Kier alpha value is -1.59. The van der Waals surface area contributed by atoms with Crippen LogP contribution < -0.4 is 0 Å². The Labute approximate surface area is 84.1 Å². The van der Waals surface area contributed by atoms with Gasteiger partial charge in [-0.1, -0.05) is 37.3 Å². The summed E-state index contributed by atoms with van der Waals surface area (Å²) < 4.78 is 0. The zero-order chi connectivity index (χ0) is 10.4. The normalized spacial score (nSPS) is 11.8. The van der Waals surface area contributed by atoms with Gasteiger partial charge >= 0.3 is 0 Å². The smallest absolute Gasteiger partial charge is 0.0998 e. The van der Waals surface area contributed by atoms with E-state index in [0.29, 0.717) is 12.0 Å². The lowest BCUT2D eigenvalue weighted by Gasteiger charge is -2.04. The van der Waals surface area contributed by atoms with Crippen LogP contribution >= 0.6 is 0 Å². The molecule has 2 nitrogen and oxygen atoms in total. The topological polar surface area (TPSA) is 44.0 Å². The Balaban J connectivity index is 3.17. The van der Waals surface area contributed by atoms with Crippen LogP contribution in [0.4, 0.5) is 0 Å². The van der Waals surface area contributed by atoms with Gasteiger partial charge in [0, 0.05) is 0 Å². The van der Waals surface area contributed by atoms with Crippen LogP contribution in [-0.4, -0.2) is 11.7 Å². The van der Waals surface area contributed by atoms with Crippen LogP contribution in [0.5, 0.6) is 0 Å². The second-order valence-electron chi connectivity index (χ2n) is 2.97. The third-order valence-corrected chi connectivity index (χ3v) is 2.15. The molecule has 72 valence electrons. The quantitative estimate of drug-likeness (QED) is 0.738. The maximum Gasteiger partial charge on any atom is 0.0998 e. The summed E-state index contributed by atoms with van der Waals surface area (Å²) in [6.07, 6.45) is 0.703. The molecule has 0 saturated carbocycles. The van der Waals surface area contributed by atoms with E-state index in [1.54, 1.807) is 0 Å². The Morgan fingerprint density at radius 3 is 2.43 bits per heavy atom. The maximum atomic E-state index is 9.08. The molecule has 0 bridgehead atoms. The van der Waals surface area contributed by atoms with Crippen molar-refractivity contribution in [2.45, 2.75) is 13.3 Å². The number of nitriles is 1. The molecule has 0 heterocycles. The lowest BCUT2D eigenvalue weighted by Crippen LogP contribution is -1.94. The van der Waals surface area contributed by atoms with Crippen LogP contribution in [-0.2, 0) is 0 Å². The number of benzene rings is 1. The summed E-state index contributed by atoms with van der Waals surface area (Å²) >= 11 is 0. The molecule has 0 atom stereocenters. The van der Waals surface area contributed by atoms with Crippen molar-refractivity contribution in [1.82, 2.24) is 0 Å². The Morgan fingerprint density at radius 2 is 2.00 bits per heavy atom. The minimum Gasteiger partial charge on any atom is -0.392 e. The van der Waals surface area contributed by atoms with Crippen molar-refractivity contribution in [3.63, 3.8) is 0 Å². The fourth-order valence-corrected chi connectivity index (χ4v) is 1.32. The van der Waals surface area contributed by atoms with Crippen molar-refractivity contribution in [1.29, 1.82) is 5.26 Å². The van der Waals surface area contributed by atoms with E-state index in [9.17, 15) is 0 Å². The number of nitrogens with zero attached hydrogens (tertiary/aromatic N) is 1. The van der Waals surface area contributed by atoms with Gasteiger partial charge in [0.2, 0.25) is 0 Å². The maximum absolute atomic E-state index is 9.08. The Bertz CT molecular complexity index is 354. The third kappa shape index (κ3) is 2.21. The van der Waals surface area contributed by atoms with Crippen molar-refractivity contribution >= 4 is 5.57 Å². The summed E-state index contributed by atoms with van der Waals surface area (Å²) in [6.45, 7) is 1.89. The minimum absolute atomic E-state index is 0.0473. The van der Waals surface area contributed by atoms with Crippen LogP contribution in [0, 0.1) is 11.3 Å². The molecule has 0 unspecified atom stereocenters. The lowest BCUT2D eigenvalue weighted by molar-refractivity contribution is 0.328. The zero-order valence-electron chi connectivity index (χ0n) is 8.20. The monoisotopic (exact) mass is 187 g/mol. The van der Waals surface area contributed by atoms with Gasteiger partial charge < -0.3 is 5.11 Å². The average Bonchev–Trinajstić information content (AvgIpc) is 2.27. The first kappa shape index (κ1) is 10.5. The molecule has 0 spiro atoms. The van der Waals surface area contributed by atoms with Gasteiger partial charge in [-0.05, 0) is 17.6 Å². The van der Waals surface area contributed by atoms with Crippen molar-refractivity contribution in [3.05, 3.63) is 41.5 Å². The molecule has 0 radical (unpaired) electrons. The van der Waals surface area contributed by atoms with E-state index in [0.717, 1.165) is 11.1 Å². The SMILES string of the molecule is CC/C(CO)=C(/C#N)c1ccccc1. The third-order valence-electron chi connectivity index (χ3n) is 2.15. The van der Waals surface area contributed by atoms with Crippen molar-refractivity contribution in [3.8, 4) is 6.07 Å². The first-order valence-corrected chi connectivity index (χ1v) is 4.61. The van der Waals surface area contributed by atoms with Gasteiger partial charge in [-0.3, -0.25) is 0 Å². The number of aliphatic hydroxyl groups excluding tert-OH is 1. The highest BCUT2D eigenvalue weighted by molar-refractivity contribution is 5.79. The highest BCUT2D eigenvalue weighted by Crippen LogP contribution is 2.19. The molecule has 1 rings (SSSR count). The summed E-state index contributed by atoms with van der Waals surface area (Å²) in [6, 6.07) is 11.6. The molecule has 0 amide bonds. The summed E-state index contributed by atoms with van der Waals surface area (Å²) in [7, 11) is 0. The van der Waals surface area contributed by atoms with E-state index in [1.165, 1.54) is 0 Å². The molecule has 1 aromatic rings. The Kier molecular flexibility index (Phi) is 3.90. The summed E-state index contributed by atoms with van der Waals surface area (Å²) in [5.41, 5.74) is 2.26. The van der Waals surface area contributed by atoms with Gasteiger partial charge in [0.25, 0.3) is 0 Å². The zero-order valence-corrected chi connectivity index (χ0v) is 8.20. The average molecular weight is 187 g/mol. The number of allylic oxidation sites excluding steroid dienone is 1. The molecule has 0 fully saturated rings. The molecule has 0 aromatic heterocycles. The van der Waals surface area contributed by atoms with Crippen molar-refractivity contribution < 1.29 is 5.11 Å². The second kappa shape index (κ2) is 5.21. The molecule has 14 heavy (non-hydrogen) atoms. The van der Waals surface area contributed by atoms with Gasteiger partial charge in [0.1, 0.15) is 0 Å². The number of rotatable bonds is 3. The predicted octanol–water partition coefficient (Wildman–Crippen LogP) is 2.37. The van der Waals surface area contributed by atoms with Gasteiger partial charge in [-0.25, -0.2) is 0 Å². The van der Waals surface area contributed by atoms with E-state index >= 15 is 0 Å². The predicted molar refractivity (Wildman–Crippen MR) is 56.4 cm³/mol. The fourth-order valence-electron chi connectivity index (χ4n) is 1.32. The minimum atomic E-state index is -0.0473. The summed E-state index contributed by atoms with van der Waals surface area (Å²) in [5.74, 6) is 0. The summed E-state index contributed by atoms with van der Waals surface area (Å²) in [4.78, 5) is 0. The van der Waals surface area contributed by atoms with Crippen molar-refractivity contribution in [2.24, 2.45) is 0 Å². The first-order valence-electron chi connectivity index (χ1n) is 4.61. The van der Waals surface area contributed by atoms with E-state index < -0.39 is 0 Å². The van der Waals surface area contributed by atoms with Crippen LogP contribution in [0.15, 0.2) is 35.9 Å². The van der Waals surface area contributed by atoms with Crippen molar-refractivity contribution in [2.75, 3.05) is 6.61 Å². The molecule has 1 aromatic carbocycles. The largest absolute Gasteiger partial charge is 0.392 e. The van der Waals surface area contributed by atoms with Gasteiger partial charge in [-0.15, -0.1) is 0 Å². The van der Waals surface area contributed by atoms with Crippen LogP contribution in [0.2, 0.25) is 0 Å².